The molecule has 1 aromatic heterocycles. The molecule has 1 aliphatic carbocycles. The van der Waals surface area contributed by atoms with Gasteiger partial charge in [-0.2, -0.15) is 0 Å². The van der Waals surface area contributed by atoms with Crippen LogP contribution in [0.2, 0.25) is 0 Å². The molecule has 106 valence electrons. The Hall–Kier alpha value is -0.680. The number of thiophene rings is 1. The third kappa shape index (κ3) is 2.92. The van der Waals surface area contributed by atoms with Crippen LogP contribution < -0.4 is 11.1 Å². The Morgan fingerprint density at radius 2 is 2.21 bits per heavy atom. The van der Waals surface area contributed by atoms with Gasteiger partial charge in [0.05, 0.1) is 15.5 Å². The average molecular weight is 298 g/mol. The number of ketones is 1. The number of rotatable bonds is 6. The molecular formula is C14H22N2OS2. The SMILES string of the molecule is CCC(=O)c1sc(NCC2(C)CCC2)c(SC)c1N. The topological polar surface area (TPSA) is 55.1 Å². The van der Waals surface area contributed by atoms with Crippen molar-refractivity contribution in [3.05, 3.63) is 4.88 Å². The Kier molecular flexibility index (Phi) is 4.46. The maximum Gasteiger partial charge on any atom is 0.174 e. The molecule has 1 aliphatic rings. The van der Waals surface area contributed by atoms with E-state index < -0.39 is 0 Å². The number of nitrogens with one attached hydrogen (secondary N) is 1. The van der Waals surface area contributed by atoms with Crippen molar-refractivity contribution in [3.8, 4) is 0 Å². The number of nitrogens with two attached hydrogens (primary N) is 1. The molecule has 0 amide bonds. The molecule has 0 unspecified atom stereocenters. The average Bonchev–Trinajstić information content (AvgIpc) is 2.69. The number of carbonyl (C=O) groups excluding carboxylic acids is 1. The first-order valence-electron chi connectivity index (χ1n) is 6.74. The van der Waals surface area contributed by atoms with Crippen LogP contribution in [0.3, 0.4) is 0 Å². The van der Waals surface area contributed by atoms with Crippen LogP contribution in [0.5, 0.6) is 0 Å². The molecule has 0 aromatic carbocycles. The van der Waals surface area contributed by atoms with E-state index in [4.69, 9.17) is 5.73 Å². The number of hydrogen-bond acceptors (Lipinski definition) is 5. The quantitative estimate of drug-likeness (QED) is 0.609. The maximum atomic E-state index is 11.9. The van der Waals surface area contributed by atoms with Gasteiger partial charge in [-0.1, -0.05) is 20.3 Å². The first kappa shape index (κ1) is 14.7. The van der Waals surface area contributed by atoms with Crippen LogP contribution in [0, 0.1) is 5.41 Å². The summed E-state index contributed by atoms with van der Waals surface area (Å²) in [4.78, 5) is 13.6. The third-order valence-electron chi connectivity index (χ3n) is 3.91. The summed E-state index contributed by atoms with van der Waals surface area (Å²) in [5.41, 5.74) is 7.18. The summed E-state index contributed by atoms with van der Waals surface area (Å²) in [6.45, 7) is 5.17. The van der Waals surface area contributed by atoms with Gasteiger partial charge in [0.15, 0.2) is 5.78 Å². The van der Waals surface area contributed by atoms with E-state index in [1.165, 1.54) is 30.6 Å². The number of hydrogen-bond donors (Lipinski definition) is 2. The first-order valence-corrected chi connectivity index (χ1v) is 8.78. The summed E-state index contributed by atoms with van der Waals surface area (Å²) in [5, 5.41) is 4.58. The van der Waals surface area contributed by atoms with Crippen molar-refractivity contribution in [2.24, 2.45) is 5.41 Å². The second-order valence-corrected chi connectivity index (χ2v) is 7.34. The molecule has 3 N–H and O–H groups in total. The van der Waals surface area contributed by atoms with Crippen LogP contribution in [0.4, 0.5) is 10.7 Å². The van der Waals surface area contributed by atoms with Gasteiger partial charge < -0.3 is 11.1 Å². The summed E-state index contributed by atoms with van der Waals surface area (Å²) in [7, 11) is 0. The predicted molar refractivity (Wildman–Crippen MR) is 85.6 cm³/mol. The summed E-state index contributed by atoms with van der Waals surface area (Å²) < 4.78 is 0. The number of anilines is 2. The van der Waals surface area contributed by atoms with E-state index in [9.17, 15) is 4.79 Å². The molecule has 0 aliphatic heterocycles. The smallest absolute Gasteiger partial charge is 0.174 e. The molecule has 0 bridgehead atoms. The minimum Gasteiger partial charge on any atom is -0.396 e. The van der Waals surface area contributed by atoms with Crippen molar-refractivity contribution in [2.75, 3.05) is 23.9 Å². The van der Waals surface area contributed by atoms with Gasteiger partial charge in [0.2, 0.25) is 0 Å². The second-order valence-electron chi connectivity index (χ2n) is 5.50. The van der Waals surface area contributed by atoms with Crippen LogP contribution >= 0.6 is 23.1 Å². The van der Waals surface area contributed by atoms with Gasteiger partial charge in [0.1, 0.15) is 5.00 Å². The fourth-order valence-electron chi connectivity index (χ4n) is 2.37. The van der Waals surface area contributed by atoms with E-state index in [1.54, 1.807) is 11.8 Å². The molecule has 0 radical (unpaired) electrons. The zero-order valence-electron chi connectivity index (χ0n) is 11.8. The van der Waals surface area contributed by atoms with Crippen LogP contribution in [-0.2, 0) is 0 Å². The second kappa shape index (κ2) is 5.75. The minimum atomic E-state index is 0.140. The van der Waals surface area contributed by atoms with Crippen molar-refractivity contribution in [2.45, 2.75) is 44.4 Å². The largest absolute Gasteiger partial charge is 0.396 e. The number of Topliss-reactive ketones (excluding diaryl/α,β-unsaturated/α-hetero) is 1. The molecule has 2 rings (SSSR count). The third-order valence-corrected chi connectivity index (χ3v) is 6.08. The summed E-state index contributed by atoms with van der Waals surface area (Å²) >= 11 is 3.13. The lowest BCUT2D eigenvalue weighted by Gasteiger charge is -2.38. The van der Waals surface area contributed by atoms with Gasteiger partial charge in [-0.05, 0) is 24.5 Å². The van der Waals surface area contributed by atoms with Gasteiger partial charge in [-0.3, -0.25) is 4.79 Å². The molecule has 1 fully saturated rings. The molecule has 1 heterocycles. The number of nitrogen functional groups attached to an aromatic ring is 1. The van der Waals surface area contributed by atoms with Gasteiger partial charge in [0, 0.05) is 13.0 Å². The molecule has 3 nitrogen and oxygen atoms in total. The molecule has 1 aromatic rings. The summed E-state index contributed by atoms with van der Waals surface area (Å²) in [6.07, 6.45) is 6.43. The number of carbonyl (C=O) groups is 1. The fourth-order valence-corrected chi connectivity index (χ4v) is 4.41. The maximum absolute atomic E-state index is 11.9. The molecule has 1 saturated carbocycles. The summed E-state index contributed by atoms with van der Waals surface area (Å²) in [5.74, 6) is 0.140. The van der Waals surface area contributed by atoms with Crippen molar-refractivity contribution in [1.82, 2.24) is 0 Å². The highest BCUT2D eigenvalue weighted by atomic mass is 32.2. The Morgan fingerprint density at radius 3 is 2.68 bits per heavy atom. The lowest BCUT2D eigenvalue weighted by molar-refractivity contribution is 0.0992. The predicted octanol–water partition coefficient (Wildman–Crippen LogP) is 4.25. The molecule has 0 atom stereocenters. The van der Waals surface area contributed by atoms with Gasteiger partial charge in [-0.15, -0.1) is 23.1 Å². The molecule has 5 heteroatoms. The van der Waals surface area contributed by atoms with Crippen LogP contribution in [0.25, 0.3) is 0 Å². The number of thioether (sulfide) groups is 1. The van der Waals surface area contributed by atoms with Gasteiger partial charge in [-0.25, -0.2) is 0 Å². The Morgan fingerprint density at radius 1 is 1.53 bits per heavy atom. The van der Waals surface area contributed by atoms with Crippen molar-refractivity contribution < 1.29 is 4.79 Å². The lowest BCUT2D eigenvalue weighted by atomic mass is 9.70. The highest BCUT2D eigenvalue weighted by molar-refractivity contribution is 7.99. The van der Waals surface area contributed by atoms with Gasteiger partial charge in [0.25, 0.3) is 0 Å². The molecular weight excluding hydrogens is 276 g/mol. The standard InChI is InChI=1S/C14H22N2OS2/c1-4-9(17)11-10(15)12(18-3)13(19-11)16-8-14(2)6-5-7-14/h16H,4-8,15H2,1-3H3. The first-order chi connectivity index (χ1) is 9.00. The van der Waals surface area contributed by atoms with E-state index in [0.29, 0.717) is 22.4 Å². The van der Waals surface area contributed by atoms with E-state index >= 15 is 0 Å². The minimum absolute atomic E-state index is 0.140. The Balaban J connectivity index is 2.17. The van der Waals surface area contributed by atoms with Crippen molar-refractivity contribution >= 4 is 39.6 Å². The summed E-state index contributed by atoms with van der Waals surface area (Å²) in [6, 6.07) is 0. The molecule has 0 saturated heterocycles. The Labute approximate surface area is 123 Å². The fraction of sp³-hybridized carbons (Fsp3) is 0.643. The van der Waals surface area contributed by atoms with E-state index in [2.05, 4.69) is 12.2 Å². The zero-order chi connectivity index (χ0) is 14.0. The van der Waals surface area contributed by atoms with E-state index in [0.717, 1.165) is 16.4 Å². The van der Waals surface area contributed by atoms with Crippen molar-refractivity contribution in [1.29, 1.82) is 0 Å². The highest BCUT2D eigenvalue weighted by Crippen LogP contribution is 2.45. The highest BCUT2D eigenvalue weighted by Gasteiger charge is 2.32. The van der Waals surface area contributed by atoms with Crippen molar-refractivity contribution in [3.63, 3.8) is 0 Å². The van der Waals surface area contributed by atoms with Crippen LogP contribution in [-0.4, -0.2) is 18.6 Å². The molecule has 0 spiro atoms. The monoisotopic (exact) mass is 298 g/mol. The Bertz CT molecular complexity index is 478. The van der Waals surface area contributed by atoms with E-state index in [1.807, 2.05) is 13.2 Å². The van der Waals surface area contributed by atoms with Crippen LogP contribution in [0.15, 0.2) is 4.90 Å². The van der Waals surface area contributed by atoms with Crippen LogP contribution in [0.1, 0.15) is 49.2 Å². The molecule has 19 heavy (non-hydrogen) atoms. The van der Waals surface area contributed by atoms with E-state index in [-0.39, 0.29) is 5.78 Å². The zero-order valence-corrected chi connectivity index (χ0v) is 13.5. The normalized spacial score (nSPS) is 17.0. The van der Waals surface area contributed by atoms with Gasteiger partial charge >= 0.3 is 0 Å². The lowest BCUT2D eigenvalue weighted by Crippen LogP contribution is -2.33.